The summed E-state index contributed by atoms with van der Waals surface area (Å²) >= 11 is 1.51. The highest BCUT2D eigenvalue weighted by Crippen LogP contribution is 2.23. The lowest BCUT2D eigenvalue weighted by atomic mass is 10.1. The van der Waals surface area contributed by atoms with Crippen LogP contribution in [0.15, 0.2) is 21.3 Å². The standard InChI is InChI=1S/C15H21N3O4S/c1-5-10(16-14(20)21-15(2,3)4)11(19)12-17-13(22-18-12)9-6-7-23-8-9/h6-8,10-11,19H,5H2,1-4H3,(H,16,20). The van der Waals surface area contributed by atoms with Crippen molar-refractivity contribution in [2.75, 3.05) is 0 Å². The van der Waals surface area contributed by atoms with Crippen molar-refractivity contribution in [2.24, 2.45) is 0 Å². The SMILES string of the molecule is CCC(NC(=O)OC(C)(C)C)C(O)c1noc(-c2ccsc2)n1. The molecule has 2 atom stereocenters. The monoisotopic (exact) mass is 339 g/mol. The first-order valence-electron chi connectivity index (χ1n) is 7.34. The number of amides is 1. The Kier molecular flexibility index (Phi) is 5.38. The highest BCUT2D eigenvalue weighted by Gasteiger charge is 2.28. The second kappa shape index (κ2) is 7.10. The summed E-state index contributed by atoms with van der Waals surface area (Å²) in [6, 6.07) is 1.28. The van der Waals surface area contributed by atoms with Gasteiger partial charge in [-0.2, -0.15) is 16.3 Å². The molecule has 7 nitrogen and oxygen atoms in total. The maximum atomic E-state index is 11.8. The fraction of sp³-hybridized carbons (Fsp3) is 0.533. The van der Waals surface area contributed by atoms with Crippen LogP contribution in [-0.4, -0.2) is 33.0 Å². The molecule has 0 saturated carbocycles. The first-order chi connectivity index (χ1) is 10.8. The van der Waals surface area contributed by atoms with Crippen LogP contribution in [-0.2, 0) is 4.74 Å². The number of hydrogen-bond acceptors (Lipinski definition) is 7. The van der Waals surface area contributed by atoms with E-state index in [9.17, 15) is 9.90 Å². The van der Waals surface area contributed by atoms with E-state index in [2.05, 4.69) is 15.5 Å². The van der Waals surface area contributed by atoms with Crippen LogP contribution >= 0.6 is 11.3 Å². The zero-order valence-electron chi connectivity index (χ0n) is 13.6. The summed E-state index contributed by atoms with van der Waals surface area (Å²) in [7, 11) is 0. The molecule has 0 aliphatic rings. The minimum atomic E-state index is -1.08. The third-order valence-corrected chi connectivity index (χ3v) is 3.68. The van der Waals surface area contributed by atoms with E-state index in [0.29, 0.717) is 12.3 Å². The minimum absolute atomic E-state index is 0.133. The number of thiophene rings is 1. The van der Waals surface area contributed by atoms with Gasteiger partial charge in [0, 0.05) is 5.38 Å². The lowest BCUT2D eigenvalue weighted by molar-refractivity contribution is 0.0406. The van der Waals surface area contributed by atoms with Crippen LogP contribution in [0.25, 0.3) is 11.5 Å². The maximum absolute atomic E-state index is 11.8. The first kappa shape index (κ1) is 17.4. The predicted molar refractivity (Wildman–Crippen MR) is 86.0 cm³/mol. The smallest absolute Gasteiger partial charge is 0.407 e. The first-order valence-corrected chi connectivity index (χ1v) is 8.28. The van der Waals surface area contributed by atoms with Gasteiger partial charge in [-0.1, -0.05) is 12.1 Å². The molecule has 2 N–H and O–H groups in total. The van der Waals surface area contributed by atoms with E-state index >= 15 is 0 Å². The molecule has 0 aliphatic heterocycles. The molecule has 2 aromatic rings. The molecule has 0 bridgehead atoms. The molecule has 2 unspecified atom stereocenters. The number of nitrogens with one attached hydrogen (secondary N) is 1. The van der Waals surface area contributed by atoms with E-state index in [1.807, 2.05) is 23.8 Å². The van der Waals surface area contributed by atoms with Crippen LogP contribution in [0.4, 0.5) is 4.79 Å². The van der Waals surface area contributed by atoms with Gasteiger partial charge >= 0.3 is 6.09 Å². The zero-order valence-corrected chi connectivity index (χ0v) is 14.4. The topological polar surface area (TPSA) is 97.5 Å². The molecule has 0 aliphatic carbocycles. The third kappa shape index (κ3) is 4.77. The number of aromatic nitrogens is 2. The molecular formula is C15H21N3O4S. The van der Waals surface area contributed by atoms with E-state index in [-0.39, 0.29) is 5.82 Å². The number of hydrogen-bond donors (Lipinski definition) is 2. The van der Waals surface area contributed by atoms with Crippen LogP contribution in [0.1, 0.15) is 46.0 Å². The second-order valence-corrected chi connectivity index (χ2v) is 6.86. The number of nitrogens with zero attached hydrogens (tertiary/aromatic N) is 2. The molecule has 126 valence electrons. The van der Waals surface area contributed by atoms with E-state index < -0.39 is 23.8 Å². The molecule has 1 amide bonds. The van der Waals surface area contributed by atoms with Crippen molar-refractivity contribution >= 4 is 17.4 Å². The summed E-state index contributed by atoms with van der Waals surface area (Å²) in [5, 5.41) is 20.6. The van der Waals surface area contributed by atoms with Crippen LogP contribution < -0.4 is 5.32 Å². The fourth-order valence-corrected chi connectivity index (χ4v) is 2.53. The summed E-state index contributed by atoms with van der Waals surface area (Å²) in [5.74, 6) is 0.474. The van der Waals surface area contributed by atoms with Crippen molar-refractivity contribution in [1.29, 1.82) is 0 Å². The Hall–Kier alpha value is -1.93. The number of aliphatic hydroxyl groups excluding tert-OH is 1. The van der Waals surface area contributed by atoms with Gasteiger partial charge < -0.3 is 19.7 Å². The number of carbonyl (C=O) groups excluding carboxylic acids is 1. The normalized spacial score (nSPS) is 14.3. The Morgan fingerprint density at radius 1 is 1.52 bits per heavy atom. The molecule has 2 heterocycles. The Bertz CT molecular complexity index is 633. The lowest BCUT2D eigenvalue weighted by Crippen LogP contribution is -2.42. The van der Waals surface area contributed by atoms with Crippen molar-refractivity contribution in [3.8, 4) is 11.5 Å². The molecule has 23 heavy (non-hydrogen) atoms. The highest BCUT2D eigenvalue weighted by atomic mass is 32.1. The summed E-state index contributed by atoms with van der Waals surface area (Å²) in [6.07, 6.45) is -1.18. The van der Waals surface area contributed by atoms with E-state index in [0.717, 1.165) is 5.56 Å². The Balaban J connectivity index is 2.05. The van der Waals surface area contributed by atoms with E-state index in [1.54, 1.807) is 20.8 Å². The largest absolute Gasteiger partial charge is 0.444 e. The summed E-state index contributed by atoms with van der Waals surface area (Å²) in [6.45, 7) is 7.16. The van der Waals surface area contributed by atoms with Crippen LogP contribution in [0.5, 0.6) is 0 Å². The number of aliphatic hydroxyl groups is 1. The van der Waals surface area contributed by atoms with Gasteiger partial charge in [0.25, 0.3) is 5.89 Å². The van der Waals surface area contributed by atoms with Crippen molar-refractivity contribution in [2.45, 2.75) is 51.9 Å². The van der Waals surface area contributed by atoms with Gasteiger partial charge in [-0.25, -0.2) is 4.79 Å². The molecular weight excluding hydrogens is 318 g/mol. The van der Waals surface area contributed by atoms with Crippen molar-refractivity contribution in [1.82, 2.24) is 15.5 Å². The number of rotatable bonds is 5. The molecule has 2 rings (SSSR count). The summed E-state index contributed by atoms with van der Waals surface area (Å²) in [5.41, 5.74) is 0.195. The van der Waals surface area contributed by atoms with Gasteiger partial charge in [-0.3, -0.25) is 0 Å². The lowest BCUT2D eigenvalue weighted by Gasteiger charge is -2.24. The summed E-state index contributed by atoms with van der Waals surface area (Å²) < 4.78 is 10.3. The maximum Gasteiger partial charge on any atom is 0.407 e. The van der Waals surface area contributed by atoms with E-state index in [4.69, 9.17) is 9.26 Å². The minimum Gasteiger partial charge on any atom is -0.444 e. The van der Waals surface area contributed by atoms with Crippen LogP contribution in [0, 0.1) is 0 Å². The molecule has 0 saturated heterocycles. The highest BCUT2D eigenvalue weighted by molar-refractivity contribution is 7.08. The average Bonchev–Trinajstić information content (AvgIpc) is 3.11. The molecule has 8 heteroatoms. The third-order valence-electron chi connectivity index (χ3n) is 3.00. The second-order valence-electron chi connectivity index (χ2n) is 6.08. The molecule has 0 fully saturated rings. The molecule has 0 aromatic carbocycles. The van der Waals surface area contributed by atoms with Crippen molar-refractivity contribution in [3.63, 3.8) is 0 Å². The average molecular weight is 339 g/mol. The van der Waals surface area contributed by atoms with Gasteiger partial charge in [0.1, 0.15) is 11.7 Å². The van der Waals surface area contributed by atoms with Gasteiger partial charge in [0.05, 0.1) is 11.6 Å². The zero-order chi connectivity index (χ0) is 17.0. The molecule has 0 spiro atoms. The number of carbonyl (C=O) groups is 1. The van der Waals surface area contributed by atoms with Gasteiger partial charge in [-0.15, -0.1) is 0 Å². The fourth-order valence-electron chi connectivity index (χ4n) is 1.90. The Labute approximate surface area is 138 Å². The Morgan fingerprint density at radius 2 is 2.26 bits per heavy atom. The molecule has 0 radical (unpaired) electrons. The van der Waals surface area contributed by atoms with Crippen molar-refractivity contribution in [3.05, 3.63) is 22.7 Å². The molecule has 2 aromatic heterocycles. The number of ether oxygens (including phenoxy) is 1. The number of alkyl carbamates (subject to hydrolysis) is 1. The predicted octanol–water partition coefficient (Wildman–Crippen LogP) is 3.13. The van der Waals surface area contributed by atoms with Gasteiger partial charge in [0.15, 0.2) is 0 Å². The summed E-state index contributed by atoms with van der Waals surface area (Å²) in [4.78, 5) is 16.0. The quantitative estimate of drug-likeness (QED) is 0.868. The van der Waals surface area contributed by atoms with Crippen LogP contribution in [0.3, 0.4) is 0 Å². The van der Waals surface area contributed by atoms with Gasteiger partial charge in [0.2, 0.25) is 5.82 Å². The van der Waals surface area contributed by atoms with Crippen molar-refractivity contribution < 1.29 is 19.2 Å². The van der Waals surface area contributed by atoms with Crippen LogP contribution in [0.2, 0.25) is 0 Å². The van der Waals surface area contributed by atoms with Gasteiger partial charge in [-0.05, 0) is 38.6 Å². The van der Waals surface area contributed by atoms with E-state index in [1.165, 1.54) is 11.3 Å². The Morgan fingerprint density at radius 3 is 2.83 bits per heavy atom.